The lowest BCUT2D eigenvalue weighted by atomic mass is 9.53. The van der Waals surface area contributed by atoms with Crippen LogP contribution >= 0.6 is 0 Å². The summed E-state index contributed by atoms with van der Waals surface area (Å²) in [7, 11) is 0. The Hall–Kier alpha value is -6.56. The van der Waals surface area contributed by atoms with Crippen LogP contribution in [0, 0.1) is 101 Å². The highest BCUT2D eigenvalue weighted by Crippen LogP contribution is 2.70. The maximum atomic E-state index is 12.4. The van der Waals surface area contributed by atoms with Crippen LogP contribution in [-0.4, -0.2) is 113 Å². The number of carbonyl (C=O) groups excluding carboxylic acids is 4. The van der Waals surface area contributed by atoms with Crippen LogP contribution in [-0.2, 0) is 58.0 Å². The van der Waals surface area contributed by atoms with E-state index < -0.39 is 64.0 Å². The fourth-order valence-corrected chi connectivity index (χ4v) is 32.0. The van der Waals surface area contributed by atoms with E-state index in [9.17, 15) is 19.2 Å². The van der Waals surface area contributed by atoms with Gasteiger partial charge in [-0.1, -0.05) is 62.4 Å². The number of ether oxygens (including phenoxy) is 8. The van der Waals surface area contributed by atoms with E-state index in [1.54, 1.807) is 0 Å². The molecular formula is C111H151N5O20. The molecule has 30 rings (SSSR count). The van der Waals surface area contributed by atoms with E-state index in [1.165, 1.54) is 170 Å². The first-order valence-corrected chi connectivity index (χ1v) is 54.2. The average molecular weight is 1880 g/mol. The molecule has 26 fully saturated rings. The Balaban J connectivity index is 0.000000102. The molecule has 26 aliphatic rings. The molecule has 21 aliphatic carbocycles. The Morgan fingerprint density at radius 1 is 0.353 bits per heavy atom. The standard InChI is InChI=1S/C30H41NO5.C28H37NO5.C27H38N2O5.C26H35NO5/c1-19-4-8-26(9-5-19)31-28(32)33-27-10-6-22(7-11-27)23-3-2-12-29(18-23)34-30(36-35-29)24-14-20-13-21(16-24)17-25(30)15-20;30-26(29-11-2-1-3-12-29)31-25-8-6-21(7-9-25)22-5-4-10-27(18-22)32-28(34-33-27)23-14-19-13-20(16-23)17-24(28)15-19;1-25(2,28)16-29-24(30)31-23-7-5-19(6-8-23)20-4-3-9-26(15-20)32-27(34-33-26)21-11-17-10-18(13-21)14-22(27)12-17;1-2-10-27-24(28)29-23-7-5-19(6-8-23)20-4-3-9-25(16-20)30-26(32-31-25)21-12-17-11-18(14-21)15-22(26)13-17/h6-7,10-11,19-21,23-26H,2-5,8-9,12-18H2,1H3,(H,31,32);6-9,19-20,22-24H,1-5,10-18H2;5-8,17-18,20-22H,3-4,9-16,28H2,1-2H3,(H,29,30);5-8,17-18,20-22H,2-4,9-16H2,1H3,(H,27,28)/t19?,20?,21?,23-,24?,25?,26?,29-,30?;19?,20?,22-,23?,24?,27-,28?;17?,18?,20-,21?,22?,26-,27?;17?,18?,20-,21?,22?,25-,26?/m1111/s1. The number of likely N-dealkylation sites (tertiary alicyclic amines) is 1. The zero-order chi connectivity index (χ0) is 92.4. The molecule has 4 aromatic rings. The first kappa shape index (κ1) is 93.1. The minimum atomic E-state index is -0.637. The van der Waals surface area contributed by atoms with Crippen molar-refractivity contribution in [3.63, 3.8) is 0 Å². The van der Waals surface area contributed by atoms with Gasteiger partial charge in [-0.3, -0.25) is 0 Å². The summed E-state index contributed by atoms with van der Waals surface area (Å²) in [4.78, 5) is 99.9. The predicted molar refractivity (Wildman–Crippen MR) is 502 cm³/mol. The largest absolute Gasteiger partial charge is 0.415 e. The summed E-state index contributed by atoms with van der Waals surface area (Å²) in [5, 5.41) is 8.47. The molecule has 5 saturated heterocycles. The smallest absolute Gasteiger partial charge is 0.410 e. The van der Waals surface area contributed by atoms with Crippen molar-refractivity contribution in [3.05, 3.63) is 119 Å². The van der Waals surface area contributed by atoms with Gasteiger partial charge in [0.1, 0.15) is 23.0 Å². The molecule has 5 aliphatic heterocycles. The van der Waals surface area contributed by atoms with Gasteiger partial charge in [-0.25, -0.2) is 19.2 Å². The number of benzene rings is 4. The van der Waals surface area contributed by atoms with Crippen molar-refractivity contribution >= 4 is 24.4 Å². The summed E-state index contributed by atoms with van der Waals surface area (Å²) in [6.07, 6.45) is 48.1. The van der Waals surface area contributed by atoms with Crippen molar-refractivity contribution in [3.8, 4) is 23.0 Å². The van der Waals surface area contributed by atoms with E-state index in [2.05, 4.69) is 59.3 Å². The van der Waals surface area contributed by atoms with Crippen LogP contribution in [0.2, 0.25) is 0 Å². The summed E-state index contributed by atoms with van der Waals surface area (Å²) in [5.74, 6) is 10.8. The zero-order valence-electron chi connectivity index (χ0n) is 81.1. The molecule has 25 heteroatoms. The molecule has 136 heavy (non-hydrogen) atoms. The van der Waals surface area contributed by atoms with Crippen molar-refractivity contribution in [2.24, 2.45) is 106 Å². The van der Waals surface area contributed by atoms with E-state index in [0.717, 1.165) is 201 Å². The van der Waals surface area contributed by atoms with Crippen LogP contribution in [0.3, 0.4) is 0 Å². The normalized spacial score (nSPS) is 42.8. The Bertz CT molecular complexity index is 4770. The Morgan fingerprint density at radius 2 is 0.632 bits per heavy atom. The highest BCUT2D eigenvalue weighted by molar-refractivity contribution is 5.72. The number of piperidine rings is 1. The van der Waals surface area contributed by atoms with Crippen LogP contribution in [0.25, 0.3) is 0 Å². The fraction of sp³-hybridized carbons (Fsp3) is 0.748. The SMILES string of the molecule is CC(C)(N)CNC(=O)Oc1ccc([C@@H]2CCC[C@]3(C2)OOC2(O3)C3CC4CC(C3)CC2C4)cc1.CC1CCC(NC(=O)Oc2ccc([C@@H]3CCC[C@]4(C3)OOC3(O4)C4CC5CC(C4)CC3C5)cc2)CC1.CCCNC(=O)Oc1ccc([C@@H]2CCC[C@]3(C2)OOC2(O3)C3CC4CC(C3)CC2C4)cc1.O=C(Oc1ccc([C@@H]2CCC[C@]3(C2)OOC2(O3)C3CC4CC(C3)CC2C4)cc1)N1CCCCC1. The molecule has 16 bridgehead atoms. The zero-order valence-corrected chi connectivity index (χ0v) is 81.1. The monoisotopic (exact) mass is 1870 g/mol. The molecule has 21 saturated carbocycles. The van der Waals surface area contributed by atoms with Crippen molar-refractivity contribution in [2.75, 3.05) is 26.2 Å². The summed E-state index contributed by atoms with van der Waals surface area (Å²) in [6, 6.07) is 32.1. The van der Waals surface area contributed by atoms with E-state index in [4.69, 9.17) is 82.7 Å². The molecule has 4 aromatic carbocycles. The van der Waals surface area contributed by atoms with E-state index in [1.807, 2.05) is 86.3 Å². The number of hydrogen-bond donors (Lipinski definition) is 4. The van der Waals surface area contributed by atoms with Gasteiger partial charge in [0.25, 0.3) is 0 Å². The molecule has 5 heterocycles. The highest BCUT2D eigenvalue weighted by atomic mass is 17.3. The van der Waals surface area contributed by atoms with Crippen molar-refractivity contribution < 1.29 is 96.2 Å². The summed E-state index contributed by atoms with van der Waals surface area (Å²) < 4.78 is 49.7. The minimum Gasteiger partial charge on any atom is -0.410 e. The van der Waals surface area contributed by atoms with Gasteiger partial charge in [-0.05, 0) is 393 Å². The lowest BCUT2D eigenvalue weighted by Crippen LogP contribution is -2.59. The quantitative estimate of drug-likeness (QED) is 0.0905. The van der Waals surface area contributed by atoms with Crippen LogP contribution in [0.4, 0.5) is 19.2 Å². The summed E-state index contributed by atoms with van der Waals surface area (Å²) >= 11 is 0. The molecule has 740 valence electrons. The van der Waals surface area contributed by atoms with Crippen molar-refractivity contribution in [1.82, 2.24) is 20.9 Å². The topological polar surface area (TPSA) is 281 Å². The van der Waals surface area contributed by atoms with E-state index >= 15 is 0 Å². The Morgan fingerprint density at radius 3 is 0.919 bits per heavy atom. The molecule has 0 aromatic heterocycles. The number of amides is 4. The fourth-order valence-electron chi connectivity index (χ4n) is 32.0. The van der Waals surface area contributed by atoms with Gasteiger partial charge >= 0.3 is 24.4 Å². The average Bonchev–Trinajstić information content (AvgIpc) is 1.49. The Labute approximate surface area is 803 Å². The van der Waals surface area contributed by atoms with Gasteiger partial charge in [0.15, 0.2) is 0 Å². The second kappa shape index (κ2) is 37.6. The van der Waals surface area contributed by atoms with Crippen LogP contribution in [0.5, 0.6) is 23.0 Å². The number of carbonyl (C=O) groups is 4. The number of nitrogens with zero attached hydrogens (tertiary/aromatic N) is 1. The molecule has 5 N–H and O–H groups in total. The van der Waals surface area contributed by atoms with E-state index in [-0.39, 0.29) is 18.2 Å². The van der Waals surface area contributed by atoms with Crippen LogP contribution < -0.4 is 40.6 Å². The predicted octanol–water partition coefficient (Wildman–Crippen LogP) is 23.7. The summed E-state index contributed by atoms with van der Waals surface area (Å²) in [5.41, 5.74) is 10.4. The third-order valence-corrected chi connectivity index (χ3v) is 37.9. The minimum absolute atomic E-state index is 0.227. The maximum absolute atomic E-state index is 12.4. The summed E-state index contributed by atoms with van der Waals surface area (Å²) in [6.45, 7) is 10.6. The van der Waals surface area contributed by atoms with Crippen molar-refractivity contribution in [2.45, 2.75) is 392 Å². The molecule has 0 radical (unpaired) electrons. The highest BCUT2D eigenvalue weighted by Gasteiger charge is 2.72. The molecule has 25 nitrogen and oxygen atoms in total. The third kappa shape index (κ3) is 18.8. The molecular weight excluding hydrogens is 1720 g/mol. The van der Waals surface area contributed by atoms with Gasteiger partial charge in [0.05, 0.1) is 0 Å². The molecule has 8 spiro atoms. The third-order valence-electron chi connectivity index (χ3n) is 37.9. The van der Waals surface area contributed by atoms with Gasteiger partial charge < -0.3 is 64.5 Å². The lowest BCUT2D eigenvalue weighted by molar-refractivity contribution is -0.390. The van der Waals surface area contributed by atoms with Crippen LogP contribution in [0.1, 0.15) is 356 Å². The van der Waals surface area contributed by atoms with Crippen molar-refractivity contribution in [1.29, 1.82) is 0 Å². The van der Waals surface area contributed by atoms with Gasteiger partial charge in [0.2, 0.25) is 46.3 Å². The Kier molecular flexibility index (Phi) is 25.8. The second-order valence-electron chi connectivity index (χ2n) is 48.2. The maximum Gasteiger partial charge on any atom is 0.415 e. The van der Waals surface area contributed by atoms with E-state index in [0.29, 0.717) is 107 Å². The molecule has 0 unspecified atom stereocenters. The first-order valence-electron chi connectivity index (χ1n) is 54.2. The first-order chi connectivity index (χ1) is 65.9. The van der Waals surface area contributed by atoms with Crippen LogP contribution in [0.15, 0.2) is 97.1 Å². The number of nitrogens with two attached hydrogens (primary N) is 1. The number of nitrogens with one attached hydrogen (secondary N) is 3. The van der Waals surface area contributed by atoms with Gasteiger partial charge in [-0.15, -0.1) is 0 Å². The van der Waals surface area contributed by atoms with Gasteiger partial charge in [0, 0.05) is 136 Å². The second-order valence-corrected chi connectivity index (χ2v) is 48.2. The number of hydrogen-bond acceptors (Lipinski definition) is 21. The number of rotatable bonds is 13. The lowest BCUT2D eigenvalue weighted by Gasteiger charge is -2.57. The molecule has 8 atom stereocenters. The molecule has 4 amide bonds. The van der Waals surface area contributed by atoms with Gasteiger partial charge in [-0.2, -0.15) is 39.1 Å².